The predicted molar refractivity (Wildman–Crippen MR) is 389 cm³/mol. The Balaban J connectivity index is -0.000000140. The van der Waals surface area contributed by atoms with E-state index in [9.17, 15) is 4.79 Å². The summed E-state index contributed by atoms with van der Waals surface area (Å²) < 4.78 is 8.60. The Kier molecular flexibility index (Phi) is 64.3. The van der Waals surface area contributed by atoms with Gasteiger partial charge < -0.3 is 89.3 Å². The molecule has 597 valence electrons. The van der Waals surface area contributed by atoms with Crippen LogP contribution < -0.4 is 0 Å². The largest absolute Gasteiger partial charge is 0.464 e. The fraction of sp³-hybridized carbons (Fsp3) is 0.551. The van der Waals surface area contributed by atoms with Gasteiger partial charge in [-0.2, -0.15) is 29.3 Å². The molecule has 106 heavy (non-hydrogen) atoms. The van der Waals surface area contributed by atoms with Gasteiger partial charge in [0.2, 0.25) is 0 Å². The minimum Gasteiger partial charge on any atom is -0.464 e. The van der Waals surface area contributed by atoms with Crippen LogP contribution in [0.1, 0.15) is 259 Å². The van der Waals surface area contributed by atoms with Gasteiger partial charge >= 0.3 is 5.97 Å². The number of aromatic nitrogens is 17. The number of cyclic esters (lactones) is 1. The van der Waals surface area contributed by atoms with Gasteiger partial charge in [-0.3, -0.25) is 0 Å². The minimum absolute atomic E-state index is 0. The van der Waals surface area contributed by atoms with Crippen molar-refractivity contribution in [2.24, 2.45) is 19.5 Å². The molecule has 10 rings (SSSR count). The molecule has 28 heteroatoms. The van der Waals surface area contributed by atoms with Crippen LogP contribution in [-0.2, 0) is 256 Å². The topological polar surface area (TPSA) is 238 Å². The Morgan fingerprint density at radius 2 is 1.02 bits per heavy atom. The van der Waals surface area contributed by atoms with Gasteiger partial charge in [-0.25, -0.2) is 4.79 Å². The summed E-state index contributed by atoms with van der Waals surface area (Å²) in [4.78, 5) is 49.0. The minimum atomic E-state index is -0.222. The van der Waals surface area contributed by atoms with Crippen molar-refractivity contribution in [1.82, 2.24) is 84.6 Å². The van der Waals surface area contributed by atoms with Crippen LogP contribution >= 0.6 is 0 Å². The van der Waals surface area contributed by atoms with E-state index in [0.717, 1.165) is 45.4 Å². The van der Waals surface area contributed by atoms with Crippen LogP contribution in [0.25, 0.3) is 0 Å². The molecule has 9 aromatic heterocycles. The molecular weight excluding hydrogens is 2880 g/mol. The number of carbonyl (C=O) groups excluding carboxylic acids is 1. The fourth-order valence-corrected chi connectivity index (χ4v) is 6.88. The quantitative estimate of drug-likeness (QED) is 0.0946. The second kappa shape index (κ2) is 55.9. The first-order valence-corrected chi connectivity index (χ1v) is 32.6. The zero-order chi connectivity index (χ0) is 74.5. The van der Waals surface area contributed by atoms with Gasteiger partial charge in [0.15, 0.2) is 0 Å². The molecule has 3 N–H and O–H groups in total. The number of nitrogens with one attached hydrogen (secondary N) is 3. The molecule has 1 aliphatic heterocycles. The fourth-order valence-electron chi connectivity index (χ4n) is 6.88. The van der Waals surface area contributed by atoms with Crippen molar-refractivity contribution < 1.29 is 193 Å². The summed E-state index contributed by atoms with van der Waals surface area (Å²) in [6, 6.07) is 11.3. The number of ether oxygens (including phenoxy) is 1. The van der Waals surface area contributed by atoms with E-state index in [1.807, 2.05) is 94.4 Å². The third kappa shape index (κ3) is 54.3. The number of imidazole rings is 2. The van der Waals surface area contributed by atoms with E-state index in [2.05, 4.69) is 318 Å². The van der Waals surface area contributed by atoms with E-state index in [1.54, 1.807) is 35.5 Å². The molecule has 1 aliphatic rings. The molecule has 0 bridgehead atoms. The van der Waals surface area contributed by atoms with Gasteiger partial charge in [0.1, 0.15) is 6.10 Å². The molecule has 1 unspecified atom stereocenters. The number of esters is 1. The third-order valence-corrected chi connectivity index (χ3v) is 13.4. The van der Waals surface area contributed by atoms with E-state index >= 15 is 0 Å². The Morgan fingerprint density at radius 3 is 1.25 bits per heavy atom. The van der Waals surface area contributed by atoms with E-state index in [1.165, 1.54) is 18.0 Å². The Bertz CT molecular complexity index is 3180. The number of pyridine rings is 1. The van der Waals surface area contributed by atoms with Crippen LogP contribution in [0.2, 0.25) is 0 Å². The van der Waals surface area contributed by atoms with Crippen molar-refractivity contribution in [3.8, 4) is 0 Å². The summed E-state index contributed by atoms with van der Waals surface area (Å²) in [5, 5.41) is 17.1. The molecule has 9 aromatic rings. The Labute approximate surface area is 762 Å². The first kappa shape index (κ1) is 122. The molecule has 0 spiro atoms. The zero-order valence-corrected chi connectivity index (χ0v) is 92.7. The number of aryl methyl sites for hydroxylation is 2. The van der Waals surface area contributed by atoms with Gasteiger partial charge in [0.05, 0.1) is 0 Å². The molecule has 0 aliphatic carbocycles. The van der Waals surface area contributed by atoms with Crippen LogP contribution in [0.5, 0.6) is 0 Å². The molecule has 0 saturated heterocycles. The van der Waals surface area contributed by atoms with Crippen LogP contribution in [0, 0.1) is 61.6 Å². The smallest absolute Gasteiger partial charge is 0.331 e. The van der Waals surface area contributed by atoms with Crippen molar-refractivity contribution in [3.05, 3.63) is 205 Å². The number of H-pyrrole nitrogens is 3. The molecule has 19 nitrogen and oxygen atoms in total. The maximum atomic E-state index is 10.6. The van der Waals surface area contributed by atoms with Crippen LogP contribution in [0.4, 0.5) is 0 Å². The predicted octanol–water partition coefficient (Wildman–Crippen LogP) is 16.0. The van der Waals surface area contributed by atoms with Crippen LogP contribution in [-0.4, -0.2) is 96.7 Å². The molecule has 0 aromatic carbocycles. The van der Waals surface area contributed by atoms with Crippen molar-refractivity contribution in [1.29, 1.82) is 0 Å². The molecule has 1 atom stereocenters. The van der Waals surface area contributed by atoms with Gasteiger partial charge in [-0.05, 0) is 52.9 Å². The third-order valence-electron chi connectivity index (χ3n) is 13.4. The average molecular weight is 3000 g/mol. The Hall–Kier alpha value is -2.39. The van der Waals surface area contributed by atoms with Gasteiger partial charge in [-0.15, -0.1) is 78.5 Å². The standard InChI is InChI=1S/C9H12N.2C8H13N2.3C8H11N2.C8H12O2.3C7H11N2.9Re/c1-9(2,3)8-4-6-10-7-5-8;1-8(2,3)7-5-10(4)6-9-7;1-8(2,3)7-5-9-10(4)6-7;2*1-8(2,3)7-4-5-9-6-10-7;1-8(2,3)7-9-5-4-6-10-7;1-8(2,3)6-4-5-7(9)10-6;1-7(2,3)6-4-8-5-9-6;1-7(2,3)6-4-8-9-5-6;1-7(2,3)6-4-5-8-9-6;;;;;;;;;/h4-6H,1-3H3;5H,1-4H3;6H,1-4H3;4,6H,1-3H3;2*4-5H,1-3H3;4-6H,1-3H3;3*4H,1-3H3,(H,8,9);;;;;;;;;/q6*-1;;3*-1;;;;;;;;;. The SMILES string of the molecule is CC(C)(C)C1C=CC(=O)O1.CC(C)(C)c1[c-]n[nH]c1.CC(C)(C)c1c[c-]n[nH]1.CC(C)(C)c1c[c-]ncc1.CC(C)(C)c1c[c-]ncn1.CC(C)(C)c1ccn[c-]n1.CC(C)(C)c1cn[c-][nH]1.CC(C)(C)c1n[c-]ccn1.Cn1[c-]nc(C(C)(C)C)c1.Cn1cc(C(C)(C)C)[c-]n1.[Re].[Re].[Re].[Re].[Re].[Re].[Re].[Re].[Re]. The maximum Gasteiger partial charge on any atom is 0.331 e. The van der Waals surface area contributed by atoms with Gasteiger partial charge in [-0.1, -0.05) is 284 Å². The molecular formula is C78H116N17O2Re9-9. The summed E-state index contributed by atoms with van der Waals surface area (Å²) in [6.45, 7) is 63.7. The first-order valence-electron chi connectivity index (χ1n) is 32.6. The second-order valence-electron chi connectivity index (χ2n) is 33.5. The summed E-state index contributed by atoms with van der Waals surface area (Å²) in [6.07, 6.45) is 42.6. The van der Waals surface area contributed by atoms with Crippen molar-refractivity contribution >= 4 is 5.97 Å². The normalized spacial score (nSPS) is 12.0. The van der Waals surface area contributed by atoms with Gasteiger partial charge in [0.25, 0.3) is 0 Å². The van der Waals surface area contributed by atoms with Crippen molar-refractivity contribution in [2.75, 3.05) is 0 Å². The number of aromatic amines is 3. The number of hydrogen-bond donors (Lipinski definition) is 3. The monoisotopic (exact) mass is 3010 g/mol. The van der Waals surface area contributed by atoms with E-state index < -0.39 is 0 Å². The number of carbonyl (C=O) groups is 1. The maximum absolute atomic E-state index is 10.6. The molecule has 0 saturated carbocycles. The van der Waals surface area contributed by atoms with Crippen LogP contribution in [0.3, 0.4) is 0 Å². The molecule has 9 radical (unpaired) electrons. The van der Waals surface area contributed by atoms with Crippen LogP contribution in [0.15, 0.2) is 98.3 Å². The summed E-state index contributed by atoms with van der Waals surface area (Å²) in [5.74, 6) is 0.620. The number of rotatable bonds is 0. The molecule has 10 heterocycles. The summed E-state index contributed by atoms with van der Waals surface area (Å²) in [7, 11) is 3.84. The van der Waals surface area contributed by atoms with Crippen molar-refractivity contribution in [2.45, 2.75) is 263 Å². The molecule has 0 fully saturated rings. The number of nitrogens with zero attached hydrogens (tertiary/aromatic N) is 14. The second-order valence-corrected chi connectivity index (χ2v) is 33.5. The Morgan fingerprint density at radius 1 is 0.472 bits per heavy atom. The van der Waals surface area contributed by atoms with E-state index in [0.29, 0.717) is 0 Å². The first-order chi connectivity index (χ1) is 44.2. The van der Waals surface area contributed by atoms with E-state index in [-0.39, 0.29) is 250 Å². The van der Waals surface area contributed by atoms with Crippen molar-refractivity contribution in [3.63, 3.8) is 0 Å². The molecule has 0 amide bonds. The average Bonchev–Trinajstić information content (AvgIpc) is 1.66. The summed E-state index contributed by atoms with van der Waals surface area (Å²) in [5.41, 5.74) is 10.3. The zero-order valence-electron chi connectivity index (χ0n) is 68.3. The summed E-state index contributed by atoms with van der Waals surface area (Å²) >= 11 is 0. The van der Waals surface area contributed by atoms with E-state index in [4.69, 9.17) is 4.74 Å². The van der Waals surface area contributed by atoms with Gasteiger partial charge in [0, 0.05) is 221 Å². The number of hydrogen-bond acceptors (Lipinski definition) is 14.